The Balaban J connectivity index is 2.04. The molecular formula is C13H15F3N2O2. The van der Waals surface area contributed by atoms with E-state index in [1.807, 2.05) is 0 Å². The van der Waals surface area contributed by atoms with E-state index < -0.39 is 25.3 Å². The van der Waals surface area contributed by atoms with Gasteiger partial charge in [0.1, 0.15) is 13.2 Å². The lowest BCUT2D eigenvalue weighted by Crippen LogP contribution is -2.38. The van der Waals surface area contributed by atoms with Gasteiger partial charge in [-0.25, -0.2) is 0 Å². The lowest BCUT2D eigenvalue weighted by atomic mass is 10.00. The van der Waals surface area contributed by atoms with Gasteiger partial charge in [0.25, 0.3) is 5.91 Å². The highest BCUT2D eigenvalue weighted by atomic mass is 19.4. The molecule has 4 nitrogen and oxygen atoms in total. The monoisotopic (exact) mass is 288 g/mol. The quantitative estimate of drug-likeness (QED) is 0.867. The minimum atomic E-state index is -4.43. The molecule has 1 amide bonds. The van der Waals surface area contributed by atoms with E-state index >= 15 is 0 Å². The van der Waals surface area contributed by atoms with Crippen LogP contribution in [-0.2, 0) is 16.0 Å². The number of carbonyl (C=O) groups excluding carboxylic acids is 1. The number of ether oxygens (including phenoxy) is 1. The smallest absolute Gasteiger partial charge is 0.398 e. The Morgan fingerprint density at radius 2 is 2.15 bits per heavy atom. The van der Waals surface area contributed by atoms with Gasteiger partial charge in [0.05, 0.1) is 0 Å². The number of fused-ring (bicyclic) bond motifs is 1. The van der Waals surface area contributed by atoms with Crippen molar-refractivity contribution in [2.24, 2.45) is 0 Å². The van der Waals surface area contributed by atoms with Crippen molar-refractivity contribution in [3.05, 3.63) is 23.8 Å². The maximum atomic E-state index is 12.0. The SMILES string of the molecule is Nc1cccc2c1CCCN2C(=O)COCC(F)(F)F. The number of nitrogen functional groups attached to an aromatic ring is 1. The third-order valence-corrected chi connectivity index (χ3v) is 3.08. The molecule has 0 saturated carbocycles. The van der Waals surface area contributed by atoms with Crippen LogP contribution in [0.5, 0.6) is 0 Å². The standard InChI is InChI=1S/C13H15F3N2O2/c14-13(15,16)8-20-7-12(19)18-6-2-3-9-10(17)4-1-5-11(9)18/h1,4-5H,2-3,6-8,17H2. The number of benzene rings is 1. The number of rotatable bonds is 3. The lowest BCUT2D eigenvalue weighted by Gasteiger charge is -2.30. The minimum absolute atomic E-state index is 0.463. The number of carbonyl (C=O) groups is 1. The van der Waals surface area contributed by atoms with E-state index in [2.05, 4.69) is 4.74 Å². The number of nitrogens with zero attached hydrogens (tertiary/aromatic N) is 1. The van der Waals surface area contributed by atoms with Crippen LogP contribution in [-0.4, -0.2) is 31.8 Å². The number of anilines is 2. The zero-order valence-electron chi connectivity index (χ0n) is 10.7. The van der Waals surface area contributed by atoms with Gasteiger partial charge < -0.3 is 15.4 Å². The predicted molar refractivity (Wildman–Crippen MR) is 68.4 cm³/mol. The molecule has 2 N–H and O–H groups in total. The minimum Gasteiger partial charge on any atom is -0.398 e. The van der Waals surface area contributed by atoms with Gasteiger partial charge >= 0.3 is 6.18 Å². The summed E-state index contributed by atoms with van der Waals surface area (Å²) in [4.78, 5) is 13.4. The molecule has 1 aliphatic rings. The van der Waals surface area contributed by atoms with Crippen molar-refractivity contribution < 1.29 is 22.7 Å². The molecule has 2 rings (SSSR count). The van der Waals surface area contributed by atoms with E-state index in [9.17, 15) is 18.0 Å². The van der Waals surface area contributed by atoms with Crippen LogP contribution < -0.4 is 10.6 Å². The Morgan fingerprint density at radius 3 is 2.85 bits per heavy atom. The summed E-state index contributed by atoms with van der Waals surface area (Å²) in [7, 11) is 0. The summed E-state index contributed by atoms with van der Waals surface area (Å²) in [6.07, 6.45) is -2.94. The zero-order valence-corrected chi connectivity index (χ0v) is 10.7. The highest BCUT2D eigenvalue weighted by Crippen LogP contribution is 2.31. The molecule has 0 unspecified atom stereocenters. The van der Waals surface area contributed by atoms with Crippen molar-refractivity contribution in [1.29, 1.82) is 0 Å². The summed E-state index contributed by atoms with van der Waals surface area (Å²) in [5.74, 6) is -0.485. The van der Waals surface area contributed by atoms with Crippen LogP contribution in [0, 0.1) is 0 Å². The van der Waals surface area contributed by atoms with Crippen LogP contribution in [0.2, 0.25) is 0 Å². The van der Waals surface area contributed by atoms with Crippen LogP contribution in [0.25, 0.3) is 0 Å². The van der Waals surface area contributed by atoms with Crippen LogP contribution in [0.1, 0.15) is 12.0 Å². The van der Waals surface area contributed by atoms with E-state index in [1.165, 1.54) is 4.90 Å². The van der Waals surface area contributed by atoms with Gasteiger partial charge in [-0.2, -0.15) is 13.2 Å². The Kier molecular flexibility index (Phi) is 4.17. The average molecular weight is 288 g/mol. The van der Waals surface area contributed by atoms with Crippen LogP contribution >= 0.6 is 0 Å². The first kappa shape index (κ1) is 14.6. The summed E-state index contributed by atoms with van der Waals surface area (Å²) >= 11 is 0. The number of hydrogen-bond donors (Lipinski definition) is 1. The molecule has 0 aliphatic carbocycles. The van der Waals surface area contributed by atoms with Crippen LogP contribution in [0.3, 0.4) is 0 Å². The highest BCUT2D eigenvalue weighted by Gasteiger charge is 2.29. The van der Waals surface area contributed by atoms with Crippen molar-refractivity contribution in [1.82, 2.24) is 0 Å². The second-order valence-corrected chi connectivity index (χ2v) is 4.60. The first-order chi connectivity index (χ1) is 9.38. The molecule has 1 aliphatic heterocycles. The van der Waals surface area contributed by atoms with Crippen molar-refractivity contribution in [2.45, 2.75) is 19.0 Å². The van der Waals surface area contributed by atoms with Gasteiger partial charge in [0, 0.05) is 17.9 Å². The largest absolute Gasteiger partial charge is 0.411 e. The maximum Gasteiger partial charge on any atom is 0.411 e. The summed E-state index contributed by atoms with van der Waals surface area (Å²) in [5.41, 5.74) is 7.96. The van der Waals surface area contributed by atoms with Crippen molar-refractivity contribution in [3.8, 4) is 0 Å². The molecule has 0 spiro atoms. The molecule has 1 aromatic rings. The summed E-state index contributed by atoms with van der Waals surface area (Å²) in [6, 6.07) is 5.20. The van der Waals surface area contributed by atoms with E-state index in [0.29, 0.717) is 17.9 Å². The fraction of sp³-hybridized carbons (Fsp3) is 0.462. The van der Waals surface area contributed by atoms with Gasteiger partial charge in [-0.1, -0.05) is 6.07 Å². The number of amides is 1. The second kappa shape index (κ2) is 5.70. The van der Waals surface area contributed by atoms with Gasteiger partial charge in [-0.15, -0.1) is 0 Å². The first-order valence-electron chi connectivity index (χ1n) is 6.21. The molecule has 7 heteroatoms. The van der Waals surface area contributed by atoms with Crippen molar-refractivity contribution >= 4 is 17.3 Å². The van der Waals surface area contributed by atoms with Gasteiger partial charge in [0.15, 0.2) is 0 Å². The maximum absolute atomic E-state index is 12.0. The summed E-state index contributed by atoms with van der Waals surface area (Å²) < 4.78 is 40.3. The molecule has 0 fully saturated rings. The summed E-state index contributed by atoms with van der Waals surface area (Å²) in [6.45, 7) is -1.55. The fourth-order valence-corrected chi connectivity index (χ4v) is 2.24. The molecule has 1 aromatic carbocycles. The number of alkyl halides is 3. The normalized spacial score (nSPS) is 15.1. The fourth-order valence-electron chi connectivity index (χ4n) is 2.24. The molecule has 0 atom stereocenters. The number of nitrogens with two attached hydrogens (primary N) is 1. The number of hydrogen-bond acceptors (Lipinski definition) is 3. The van der Waals surface area contributed by atoms with Gasteiger partial charge in [-0.3, -0.25) is 4.79 Å². The van der Waals surface area contributed by atoms with E-state index in [0.717, 1.165) is 18.4 Å². The molecule has 110 valence electrons. The molecule has 1 heterocycles. The Hall–Kier alpha value is -1.76. The zero-order chi connectivity index (χ0) is 14.8. The lowest BCUT2D eigenvalue weighted by molar-refractivity contribution is -0.175. The van der Waals surface area contributed by atoms with E-state index in [4.69, 9.17) is 5.73 Å². The third-order valence-electron chi connectivity index (χ3n) is 3.08. The van der Waals surface area contributed by atoms with Gasteiger partial charge in [-0.05, 0) is 30.5 Å². The first-order valence-corrected chi connectivity index (χ1v) is 6.21. The van der Waals surface area contributed by atoms with E-state index in [-0.39, 0.29) is 0 Å². The third kappa shape index (κ3) is 3.41. The van der Waals surface area contributed by atoms with E-state index in [1.54, 1.807) is 18.2 Å². The van der Waals surface area contributed by atoms with Crippen molar-refractivity contribution in [2.75, 3.05) is 30.4 Å². The molecule has 0 saturated heterocycles. The van der Waals surface area contributed by atoms with Crippen molar-refractivity contribution in [3.63, 3.8) is 0 Å². The molecule has 0 aromatic heterocycles. The molecule has 0 radical (unpaired) electrons. The average Bonchev–Trinajstić information content (AvgIpc) is 2.37. The van der Waals surface area contributed by atoms with Crippen LogP contribution in [0.15, 0.2) is 18.2 Å². The van der Waals surface area contributed by atoms with Crippen LogP contribution in [0.4, 0.5) is 24.5 Å². The Bertz CT molecular complexity index is 503. The molecule has 20 heavy (non-hydrogen) atoms. The Morgan fingerprint density at radius 1 is 1.40 bits per heavy atom. The topological polar surface area (TPSA) is 55.6 Å². The second-order valence-electron chi connectivity index (χ2n) is 4.60. The highest BCUT2D eigenvalue weighted by molar-refractivity contribution is 5.96. The van der Waals surface area contributed by atoms with Gasteiger partial charge in [0.2, 0.25) is 0 Å². The summed E-state index contributed by atoms with van der Waals surface area (Å²) in [5, 5.41) is 0. The number of halogens is 3. The predicted octanol–water partition coefficient (Wildman–Crippen LogP) is 2.13. The molecule has 0 bridgehead atoms. The molecular weight excluding hydrogens is 273 g/mol. The Labute approximate surface area is 114 Å².